The lowest BCUT2D eigenvalue weighted by Crippen LogP contribution is -2.32. The number of ether oxygens (including phenoxy) is 2. The van der Waals surface area contributed by atoms with Crippen molar-refractivity contribution in [2.24, 2.45) is 0 Å². The molecule has 5 rings (SSSR count). The van der Waals surface area contributed by atoms with Crippen molar-refractivity contribution < 1.29 is 18.7 Å². The highest BCUT2D eigenvalue weighted by molar-refractivity contribution is 6.35. The molecule has 0 fully saturated rings. The van der Waals surface area contributed by atoms with E-state index in [2.05, 4.69) is 4.90 Å². The molecular weight excluding hydrogens is 488 g/mol. The molecule has 168 valence electrons. The van der Waals surface area contributed by atoms with Crippen molar-refractivity contribution in [1.29, 1.82) is 0 Å². The van der Waals surface area contributed by atoms with E-state index < -0.39 is 5.82 Å². The van der Waals surface area contributed by atoms with E-state index in [0.717, 1.165) is 16.7 Å². The van der Waals surface area contributed by atoms with Gasteiger partial charge in [0, 0.05) is 39.8 Å². The van der Waals surface area contributed by atoms with Gasteiger partial charge in [-0.2, -0.15) is 0 Å². The summed E-state index contributed by atoms with van der Waals surface area (Å²) < 4.78 is 26.1. The van der Waals surface area contributed by atoms with Crippen LogP contribution in [0.2, 0.25) is 15.1 Å². The summed E-state index contributed by atoms with van der Waals surface area (Å²) in [5, 5.41) is 1.36. The van der Waals surface area contributed by atoms with Crippen molar-refractivity contribution in [3.05, 3.63) is 96.9 Å². The molecular formula is C25H17Cl3FNO3. The highest BCUT2D eigenvalue weighted by Gasteiger charge is 2.34. The zero-order valence-corrected chi connectivity index (χ0v) is 19.7. The number of nitrogens with zero attached hydrogens (tertiary/aromatic N) is 1. The summed E-state index contributed by atoms with van der Waals surface area (Å²) in [6.07, 6.45) is 1.34. The molecule has 0 radical (unpaired) electrons. The Labute approximate surface area is 205 Å². The first-order valence-corrected chi connectivity index (χ1v) is 11.3. The monoisotopic (exact) mass is 503 g/mol. The predicted molar refractivity (Wildman–Crippen MR) is 127 cm³/mol. The quantitative estimate of drug-likeness (QED) is 0.358. The average molecular weight is 505 g/mol. The number of Topliss-reactive ketones (excluding diaryl/α,β-unsaturated/α-hetero) is 1. The SMILES string of the molecule is Cc1c2c(cc3c1O/C(=C\c1c(F)cccc1Cl)C3=O)CN(Cc1ccc(Cl)cc1Cl)CO2. The van der Waals surface area contributed by atoms with Gasteiger partial charge in [-0.1, -0.05) is 46.9 Å². The first kappa shape index (κ1) is 22.2. The van der Waals surface area contributed by atoms with Crippen LogP contribution in [0.1, 0.15) is 32.6 Å². The molecule has 0 saturated carbocycles. The number of carbonyl (C=O) groups excluding carboxylic acids is 1. The third-order valence-corrected chi connectivity index (χ3v) is 6.60. The normalized spacial score (nSPS) is 16.4. The second-order valence-electron chi connectivity index (χ2n) is 7.94. The number of allylic oxidation sites excluding steroid dienone is 1. The van der Waals surface area contributed by atoms with Gasteiger partial charge in [0.25, 0.3) is 0 Å². The Morgan fingerprint density at radius 3 is 2.67 bits per heavy atom. The van der Waals surface area contributed by atoms with E-state index in [1.165, 1.54) is 18.2 Å². The van der Waals surface area contributed by atoms with Crippen LogP contribution in [-0.2, 0) is 13.1 Å². The molecule has 8 heteroatoms. The Bertz CT molecular complexity index is 1320. The fourth-order valence-electron chi connectivity index (χ4n) is 4.07. The van der Waals surface area contributed by atoms with E-state index in [1.807, 2.05) is 13.0 Å². The van der Waals surface area contributed by atoms with Gasteiger partial charge in [0.2, 0.25) is 5.78 Å². The van der Waals surface area contributed by atoms with Gasteiger partial charge in [-0.3, -0.25) is 9.69 Å². The molecule has 2 aliphatic rings. The number of hydrogen-bond donors (Lipinski definition) is 0. The summed E-state index contributed by atoms with van der Waals surface area (Å²) in [7, 11) is 0. The third-order valence-electron chi connectivity index (χ3n) is 5.69. The zero-order chi connectivity index (χ0) is 23.3. The molecule has 2 heterocycles. The third kappa shape index (κ3) is 4.11. The van der Waals surface area contributed by atoms with Crippen LogP contribution in [0.4, 0.5) is 4.39 Å². The number of carbonyl (C=O) groups is 1. The molecule has 0 atom stereocenters. The van der Waals surface area contributed by atoms with Gasteiger partial charge in [-0.15, -0.1) is 0 Å². The molecule has 0 saturated heterocycles. The van der Waals surface area contributed by atoms with Crippen molar-refractivity contribution in [1.82, 2.24) is 4.90 Å². The minimum absolute atomic E-state index is 0.0206. The van der Waals surface area contributed by atoms with Crippen molar-refractivity contribution in [2.45, 2.75) is 20.0 Å². The van der Waals surface area contributed by atoms with Crippen LogP contribution >= 0.6 is 34.8 Å². The maximum Gasteiger partial charge on any atom is 0.231 e. The number of rotatable bonds is 3. The second kappa shape index (κ2) is 8.65. The minimum atomic E-state index is -0.529. The van der Waals surface area contributed by atoms with Gasteiger partial charge in [-0.25, -0.2) is 4.39 Å². The number of hydrogen-bond acceptors (Lipinski definition) is 4. The number of benzene rings is 3. The van der Waals surface area contributed by atoms with Crippen molar-refractivity contribution in [3.8, 4) is 11.5 Å². The Hall–Kier alpha value is -2.57. The number of halogens is 4. The number of fused-ring (bicyclic) bond motifs is 2. The van der Waals surface area contributed by atoms with Crippen LogP contribution in [0, 0.1) is 12.7 Å². The Morgan fingerprint density at radius 2 is 1.91 bits per heavy atom. The lowest BCUT2D eigenvalue weighted by molar-refractivity contribution is 0.0877. The van der Waals surface area contributed by atoms with E-state index in [1.54, 1.807) is 24.3 Å². The van der Waals surface area contributed by atoms with Crippen LogP contribution in [-0.4, -0.2) is 17.4 Å². The van der Waals surface area contributed by atoms with E-state index in [4.69, 9.17) is 44.3 Å². The summed E-state index contributed by atoms with van der Waals surface area (Å²) >= 11 is 18.4. The summed E-state index contributed by atoms with van der Waals surface area (Å²) in [6, 6.07) is 11.5. The van der Waals surface area contributed by atoms with Crippen LogP contribution in [0.3, 0.4) is 0 Å². The molecule has 0 aliphatic carbocycles. The summed E-state index contributed by atoms with van der Waals surface area (Å²) in [4.78, 5) is 15.1. The summed E-state index contributed by atoms with van der Waals surface area (Å²) in [5.74, 6) is 0.274. The molecule has 3 aromatic carbocycles. The molecule has 0 aromatic heterocycles. The van der Waals surface area contributed by atoms with E-state index in [0.29, 0.717) is 46.9 Å². The largest absolute Gasteiger partial charge is 0.477 e. The molecule has 0 spiro atoms. The molecule has 0 amide bonds. The maximum atomic E-state index is 14.2. The van der Waals surface area contributed by atoms with E-state index >= 15 is 0 Å². The fourth-order valence-corrected chi connectivity index (χ4v) is 4.75. The van der Waals surface area contributed by atoms with Gasteiger partial charge in [-0.05, 0) is 48.9 Å². The topological polar surface area (TPSA) is 38.8 Å². The maximum absolute atomic E-state index is 14.2. The van der Waals surface area contributed by atoms with Crippen LogP contribution in [0.25, 0.3) is 6.08 Å². The van der Waals surface area contributed by atoms with Gasteiger partial charge >= 0.3 is 0 Å². The average Bonchev–Trinajstić information content (AvgIpc) is 3.09. The van der Waals surface area contributed by atoms with Gasteiger partial charge in [0.1, 0.15) is 24.0 Å². The van der Waals surface area contributed by atoms with Gasteiger partial charge < -0.3 is 9.47 Å². The fraction of sp³-hybridized carbons (Fsp3) is 0.160. The summed E-state index contributed by atoms with van der Waals surface area (Å²) in [5.41, 5.74) is 3.05. The molecule has 0 N–H and O–H groups in total. The molecule has 4 nitrogen and oxygen atoms in total. The molecule has 33 heavy (non-hydrogen) atoms. The Kier molecular flexibility index (Phi) is 5.83. The van der Waals surface area contributed by atoms with Crippen molar-refractivity contribution in [3.63, 3.8) is 0 Å². The van der Waals surface area contributed by atoms with Crippen molar-refractivity contribution >= 4 is 46.7 Å². The van der Waals surface area contributed by atoms with Crippen LogP contribution in [0.5, 0.6) is 11.5 Å². The second-order valence-corrected chi connectivity index (χ2v) is 9.19. The number of ketones is 1. The highest BCUT2D eigenvalue weighted by Crippen LogP contribution is 2.43. The van der Waals surface area contributed by atoms with Gasteiger partial charge in [0.05, 0.1) is 10.6 Å². The van der Waals surface area contributed by atoms with Gasteiger partial charge in [0.15, 0.2) is 5.76 Å². The lowest BCUT2D eigenvalue weighted by Gasteiger charge is -2.30. The van der Waals surface area contributed by atoms with Crippen LogP contribution in [0.15, 0.2) is 48.2 Å². The van der Waals surface area contributed by atoms with Crippen LogP contribution < -0.4 is 9.47 Å². The lowest BCUT2D eigenvalue weighted by atomic mass is 9.99. The summed E-state index contributed by atoms with van der Waals surface area (Å²) in [6.45, 7) is 3.32. The van der Waals surface area contributed by atoms with E-state index in [9.17, 15) is 9.18 Å². The smallest absolute Gasteiger partial charge is 0.231 e. The first-order valence-electron chi connectivity index (χ1n) is 10.2. The Balaban J connectivity index is 1.44. The first-order chi connectivity index (χ1) is 15.8. The Morgan fingerprint density at radius 1 is 1.09 bits per heavy atom. The molecule has 0 unspecified atom stereocenters. The standard InChI is InChI=1S/C25H17Cl3FNO3/c1-13-24-15(11-30(12-32-24)10-14-5-6-16(26)8-20(14)28)7-18-23(31)22(33-25(13)18)9-17-19(27)3-2-4-21(17)29/h2-9H,10-12H2,1H3/b22-9-. The predicted octanol–water partition coefficient (Wildman–Crippen LogP) is 7.06. The minimum Gasteiger partial charge on any atom is -0.477 e. The molecule has 0 bridgehead atoms. The highest BCUT2D eigenvalue weighted by atomic mass is 35.5. The van der Waals surface area contributed by atoms with Crippen molar-refractivity contribution in [2.75, 3.05) is 6.73 Å². The van der Waals surface area contributed by atoms with E-state index in [-0.39, 0.29) is 22.1 Å². The zero-order valence-electron chi connectivity index (χ0n) is 17.4. The molecule has 3 aromatic rings. The molecule has 2 aliphatic heterocycles.